The molecule has 5 heteroatoms. The molecule has 2 aromatic rings. The second-order valence-electron chi connectivity index (χ2n) is 6.21. The van der Waals surface area contributed by atoms with Crippen molar-refractivity contribution in [2.45, 2.75) is 31.4 Å². The Kier molecular flexibility index (Phi) is 4.18. The first-order valence-corrected chi connectivity index (χ1v) is 7.69. The van der Waals surface area contributed by atoms with Gasteiger partial charge >= 0.3 is 0 Å². The smallest absolute Gasteiger partial charge is 0.224 e. The molecule has 1 aliphatic carbocycles. The van der Waals surface area contributed by atoms with E-state index < -0.39 is 6.10 Å². The Labute approximate surface area is 129 Å². The zero-order valence-electron chi connectivity index (χ0n) is 12.7. The number of hydrogen-bond acceptors (Lipinski definition) is 3. The Morgan fingerprint density at radius 2 is 2.14 bits per heavy atom. The van der Waals surface area contributed by atoms with Crippen LogP contribution in [0.5, 0.6) is 0 Å². The van der Waals surface area contributed by atoms with Gasteiger partial charge in [0.15, 0.2) is 0 Å². The number of amides is 1. The second kappa shape index (κ2) is 6.10. The first-order valence-electron chi connectivity index (χ1n) is 7.69. The maximum Gasteiger partial charge on any atom is 0.224 e. The molecule has 1 amide bonds. The van der Waals surface area contributed by atoms with Gasteiger partial charge in [-0.2, -0.15) is 0 Å². The monoisotopic (exact) mass is 302 g/mol. The number of carbonyl (C=O) groups excluding carboxylic acids is 1. The fourth-order valence-electron chi connectivity index (χ4n) is 3.43. The van der Waals surface area contributed by atoms with Gasteiger partial charge in [0, 0.05) is 42.7 Å². The number of fused-ring (bicyclic) bond motifs is 1. The normalized spacial score (nSPS) is 24.8. The van der Waals surface area contributed by atoms with E-state index in [0.29, 0.717) is 19.3 Å². The van der Waals surface area contributed by atoms with Crippen LogP contribution in [0.25, 0.3) is 10.9 Å². The number of nitrogens with zero attached hydrogens (tertiary/aromatic N) is 1. The summed E-state index contributed by atoms with van der Waals surface area (Å²) in [7, 11) is 1.98. The summed E-state index contributed by atoms with van der Waals surface area (Å²) in [5.41, 5.74) is 2.12. The van der Waals surface area contributed by atoms with Gasteiger partial charge in [0.05, 0.1) is 12.5 Å². The highest BCUT2D eigenvalue weighted by Crippen LogP contribution is 2.26. The maximum atomic E-state index is 12.3. The summed E-state index contributed by atoms with van der Waals surface area (Å²) >= 11 is 0. The van der Waals surface area contributed by atoms with E-state index in [1.807, 2.05) is 42.1 Å². The Morgan fingerprint density at radius 3 is 2.86 bits per heavy atom. The van der Waals surface area contributed by atoms with Crippen molar-refractivity contribution in [2.24, 2.45) is 13.0 Å². The molecule has 118 valence electrons. The van der Waals surface area contributed by atoms with E-state index >= 15 is 0 Å². The number of hydrogen-bond donors (Lipinski definition) is 3. The van der Waals surface area contributed by atoms with Crippen LogP contribution in [0.15, 0.2) is 30.5 Å². The molecule has 3 rings (SSSR count). The van der Waals surface area contributed by atoms with Crippen molar-refractivity contribution < 1.29 is 15.0 Å². The lowest BCUT2D eigenvalue weighted by atomic mass is 10.1. The lowest BCUT2D eigenvalue weighted by Crippen LogP contribution is -2.34. The first-order chi connectivity index (χ1) is 10.6. The van der Waals surface area contributed by atoms with Gasteiger partial charge < -0.3 is 20.1 Å². The quantitative estimate of drug-likeness (QED) is 0.788. The van der Waals surface area contributed by atoms with Gasteiger partial charge in [-0.05, 0) is 24.5 Å². The molecule has 0 spiro atoms. The van der Waals surface area contributed by atoms with Gasteiger partial charge in [-0.1, -0.05) is 18.2 Å². The molecule has 5 nitrogen and oxygen atoms in total. The van der Waals surface area contributed by atoms with E-state index in [0.717, 1.165) is 16.5 Å². The van der Waals surface area contributed by atoms with E-state index in [4.69, 9.17) is 5.11 Å². The number of aliphatic hydroxyl groups is 2. The van der Waals surface area contributed by atoms with Crippen LogP contribution in [0.2, 0.25) is 0 Å². The summed E-state index contributed by atoms with van der Waals surface area (Å²) in [5, 5.41) is 23.0. The SMILES string of the molecule is Cn1cc(CC(=O)N[C@H]2C[C@H](CO)[C@H](O)C2)c2ccccc21. The van der Waals surface area contributed by atoms with Crippen LogP contribution in [0.1, 0.15) is 18.4 Å². The van der Waals surface area contributed by atoms with Crippen molar-refractivity contribution in [1.82, 2.24) is 9.88 Å². The molecule has 1 heterocycles. The van der Waals surface area contributed by atoms with Gasteiger partial charge in [-0.25, -0.2) is 0 Å². The minimum absolute atomic E-state index is 0.0309. The molecule has 3 N–H and O–H groups in total. The Bertz CT molecular complexity index is 680. The second-order valence-corrected chi connectivity index (χ2v) is 6.21. The topological polar surface area (TPSA) is 74.5 Å². The number of carbonyl (C=O) groups is 1. The molecule has 1 aliphatic rings. The highest BCUT2D eigenvalue weighted by atomic mass is 16.3. The Balaban J connectivity index is 1.67. The van der Waals surface area contributed by atoms with Crippen LogP contribution < -0.4 is 5.32 Å². The lowest BCUT2D eigenvalue weighted by molar-refractivity contribution is -0.121. The molecule has 1 saturated carbocycles. The van der Waals surface area contributed by atoms with Crippen molar-refractivity contribution in [3.63, 3.8) is 0 Å². The lowest BCUT2D eigenvalue weighted by Gasteiger charge is -2.12. The molecule has 22 heavy (non-hydrogen) atoms. The van der Waals surface area contributed by atoms with Crippen molar-refractivity contribution in [3.05, 3.63) is 36.0 Å². The minimum atomic E-state index is -0.521. The highest BCUT2D eigenvalue weighted by molar-refractivity contribution is 5.89. The molecule has 1 fully saturated rings. The molecule has 0 unspecified atom stereocenters. The van der Waals surface area contributed by atoms with Gasteiger partial charge in [0.1, 0.15) is 0 Å². The summed E-state index contributed by atoms with van der Waals surface area (Å²) in [6, 6.07) is 7.98. The van der Waals surface area contributed by atoms with E-state index in [1.54, 1.807) is 0 Å². The third kappa shape index (κ3) is 2.87. The van der Waals surface area contributed by atoms with Crippen molar-refractivity contribution in [1.29, 1.82) is 0 Å². The summed E-state index contributed by atoms with van der Waals surface area (Å²) < 4.78 is 2.03. The van der Waals surface area contributed by atoms with Gasteiger partial charge in [0.25, 0.3) is 0 Å². The summed E-state index contributed by atoms with van der Waals surface area (Å²) in [4.78, 5) is 12.3. The fourth-order valence-corrected chi connectivity index (χ4v) is 3.43. The Hall–Kier alpha value is -1.85. The van der Waals surface area contributed by atoms with Crippen molar-refractivity contribution >= 4 is 16.8 Å². The number of aryl methyl sites for hydroxylation is 1. The fraction of sp³-hybridized carbons (Fsp3) is 0.471. The highest BCUT2D eigenvalue weighted by Gasteiger charge is 2.33. The third-order valence-electron chi connectivity index (χ3n) is 4.59. The summed E-state index contributed by atoms with van der Waals surface area (Å²) in [5.74, 6) is -0.157. The molecule has 3 atom stereocenters. The van der Waals surface area contributed by atoms with E-state index in [2.05, 4.69) is 5.32 Å². The van der Waals surface area contributed by atoms with Crippen LogP contribution in [0.3, 0.4) is 0 Å². The zero-order chi connectivity index (χ0) is 15.7. The van der Waals surface area contributed by atoms with Crippen molar-refractivity contribution in [2.75, 3.05) is 6.61 Å². The molecule has 0 saturated heterocycles. The molecule has 0 radical (unpaired) electrons. The Morgan fingerprint density at radius 1 is 1.36 bits per heavy atom. The zero-order valence-corrected chi connectivity index (χ0v) is 12.7. The predicted octanol–water partition coefficient (Wildman–Crippen LogP) is 0.969. The summed E-state index contributed by atoms with van der Waals surface area (Å²) in [6.07, 6.45) is 2.96. The standard InChI is InChI=1S/C17H22N2O3/c1-19-9-11(14-4-2-3-5-15(14)19)7-17(22)18-13-6-12(10-20)16(21)8-13/h2-5,9,12-13,16,20-21H,6-8,10H2,1H3,(H,18,22)/t12-,13+,16-/m1/s1. The van der Waals surface area contributed by atoms with Crippen LogP contribution in [-0.2, 0) is 18.3 Å². The first kappa shape index (κ1) is 15.1. The van der Waals surface area contributed by atoms with Crippen LogP contribution >= 0.6 is 0 Å². The minimum Gasteiger partial charge on any atom is -0.396 e. The van der Waals surface area contributed by atoms with E-state index in [1.165, 1.54) is 0 Å². The molecule has 1 aromatic carbocycles. The molecule has 0 aliphatic heterocycles. The summed E-state index contributed by atoms with van der Waals surface area (Å²) in [6.45, 7) is -0.0309. The number of aromatic nitrogens is 1. The van der Waals surface area contributed by atoms with Gasteiger partial charge in [-0.3, -0.25) is 4.79 Å². The van der Waals surface area contributed by atoms with Crippen LogP contribution in [0, 0.1) is 5.92 Å². The van der Waals surface area contributed by atoms with Gasteiger partial charge in [0.2, 0.25) is 5.91 Å². The number of rotatable bonds is 4. The van der Waals surface area contributed by atoms with Crippen molar-refractivity contribution in [3.8, 4) is 0 Å². The molecular weight excluding hydrogens is 280 g/mol. The maximum absolute atomic E-state index is 12.3. The van der Waals surface area contributed by atoms with Gasteiger partial charge in [-0.15, -0.1) is 0 Å². The molecule has 0 bridgehead atoms. The van der Waals surface area contributed by atoms with E-state index in [-0.39, 0.29) is 24.5 Å². The average molecular weight is 302 g/mol. The van der Waals surface area contributed by atoms with E-state index in [9.17, 15) is 9.90 Å². The number of benzene rings is 1. The third-order valence-corrected chi connectivity index (χ3v) is 4.59. The number of aliphatic hydroxyl groups excluding tert-OH is 2. The largest absolute Gasteiger partial charge is 0.396 e. The average Bonchev–Trinajstić information content (AvgIpc) is 3.00. The number of para-hydroxylation sites is 1. The molecule has 1 aromatic heterocycles. The predicted molar refractivity (Wildman–Crippen MR) is 84.4 cm³/mol. The van der Waals surface area contributed by atoms with Crippen LogP contribution in [-0.4, -0.2) is 39.4 Å². The molecular formula is C17H22N2O3. The number of nitrogens with one attached hydrogen (secondary N) is 1. The van der Waals surface area contributed by atoms with Crippen LogP contribution in [0.4, 0.5) is 0 Å².